The Morgan fingerprint density at radius 1 is 0.537 bits per heavy atom. The van der Waals surface area contributed by atoms with Gasteiger partial charge < -0.3 is 8.98 Å². The lowest BCUT2D eigenvalue weighted by atomic mass is 9.82. The second kappa shape index (κ2) is 11.3. The normalized spacial score (nSPS) is 13.2. The maximum Gasteiger partial charge on any atom is 0.165 e. The molecule has 3 aromatic heterocycles. The van der Waals surface area contributed by atoms with Crippen LogP contribution in [0.2, 0.25) is 0 Å². The topological polar surface area (TPSA) is 56.7 Å². The van der Waals surface area contributed by atoms with Gasteiger partial charge in [0.25, 0.3) is 0 Å². The van der Waals surface area contributed by atoms with Crippen molar-refractivity contribution < 1.29 is 4.42 Å². The quantitative estimate of drug-likeness (QED) is 0.184. The smallest absolute Gasteiger partial charge is 0.165 e. The number of aromatic nitrogens is 4. The van der Waals surface area contributed by atoms with E-state index in [-0.39, 0.29) is 5.41 Å². The van der Waals surface area contributed by atoms with Crippen molar-refractivity contribution in [3.63, 3.8) is 0 Å². The summed E-state index contributed by atoms with van der Waals surface area (Å²) in [6.45, 7) is 6.86. The molecule has 0 atom stereocenters. The lowest BCUT2D eigenvalue weighted by Gasteiger charge is -2.21. The van der Waals surface area contributed by atoms with Crippen LogP contribution >= 0.6 is 0 Å². The van der Waals surface area contributed by atoms with Crippen molar-refractivity contribution in [3.05, 3.63) is 168 Å². The van der Waals surface area contributed by atoms with Gasteiger partial charge in [-0.25, -0.2) is 15.0 Å². The second-order valence-electron chi connectivity index (χ2n) is 14.8. The summed E-state index contributed by atoms with van der Waals surface area (Å²) < 4.78 is 9.44. The minimum absolute atomic E-state index is 0.137. The lowest BCUT2D eigenvalue weighted by Crippen LogP contribution is -2.14. The summed E-state index contributed by atoms with van der Waals surface area (Å²) in [7, 11) is 0. The molecule has 0 spiro atoms. The summed E-state index contributed by atoms with van der Waals surface area (Å²) in [6.07, 6.45) is 0. The van der Waals surface area contributed by atoms with Gasteiger partial charge in [0, 0.05) is 49.2 Å². The molecule has 0 saturated carbocycles. The fourth-order valence-electron chi connectivity index (χ4n) is 8.88. The van der Waals surface area contributed by atoms with Crippen molar-refractivity contribution in [2.24, 2.45) is 0 Å². The van der Waals surface area contributed by atoms with E-state index in [1.807, 2.05) is 66.7 Å². The van der Waals surface area contributed by atoms with E-state index in [2.05, 4.69) is 110 Å². The molecule has 0 saturated heterocycles. The fraction of sp³-hybridized carbons (Fsp3) is 0.0816. The number of benzene rings is 7. The molecule has 0 aliphatic heterocycles. The predicted octanol–water partition coefficient (Wildman–Crippen LogP) is 12.5. The summed E-state index contributed by atoms with van der Waals surface area (Å²) in [5, 5.41) is 4.44. The molecule has 0 unspecified atom stereocenters. The van der Waals surface area contributed by atoms with Crippen LogP contribution in [0, 0.1) is 6.92 Å². The van der Waals surface area contributed by atoms with Gasteiger partial charge in [-0.05, 0) is 47.4 Å². The van der Waals surface area contributed by atoms with Crippen LogP contribution in [0.15, 0.2) is 156 Å². The minimum Gasteiger partial charge on any atom is -0.454 e. The number of hydrogen-bond acceptors (Lipinski definition) is 4. The number of nitrogens with zero attached hydrogens (tertiary/aromatic N) is 4. The molecule has 256 valence electrons. The molecular weight excluding hydrogens is 661 g/mol. The number of furan rings is 1. The molecule has 1 aliphatic rings. The maximum atomic E-state index is 6.99. The molecule has 54 heavy (non-hydrogen) atoms. The number of rotatable bonds is 4. The van der Waals surface area contributed by atoms with E-state index in [1.165, 1.54) is 38.5 Å². The Kier molecular flexibility index (Phi) is 6.45. The van der Waals surface area contributed by atoms with Gasteiger partial charge in [0.1, 0.15) is 5.58 Å². The van der Waals surface area contributed by atoms with Crippen molar-refractivity contribution in [2.45, 2.75) is 26.2 Å². The van der Waals surface area contributed by atoms with E-state index in [0.29, 0.717) is 17.5 Å². The molecule has 10 aromatic rings. The van der Waals surface area contributed by atoms with Crippen LogP contribution in [0.25, 0.3) is 94.7 Å². The average molecular weight is 695 g/mol. The minimum atomic E-state index is -0.137. The van der Waals surface area contributed by atoms with E-state index >= 15 is 0 Å². The van der Waals surface area contributed by atoms with Crippen LogP contribution in [0.3, 0.4) is 0 Å². The molecule has 5 nitrogen and oxygen atoms in total. The zero-order valence-corrected chi connectivity index (χ0v) is 30.1. The molecule has 7 aromatic carbocycles. The van der Waals surface area contributed by atoms with Crippen LogP contribution in [0.1, 0.15) is 30.5 Å². The third-order valence-corrected chi connectivity index (χ3v) is 11.4. The van der Waals surface area contributed by atoms with E-state index in [0.717, 1.165) is 55.4 Å². The first-order chi connectivity index (χ1) is 26.5. The highest BCUT2D eigenvalue weighted by atomic mass is 16.3. The van der Waals surface area contributed by atoms with Gasteiger partial charge in [-0.2, -0.15) is 0 Å². The standard InChI is InChI=1S/C49H34N4O/c1-29-28-39(53-38-24-14-11-20-32(38)33-26-27-37-42(44(33)53)34-21-10-13-23-36(34)49(37,2)3)45-43(35-22-12-15-25-40(35)54-45)41(29)48-51-46(30-16-6-4-7-17-30)50-47(52-48)31-18-8-5-9-19-31/h4-28H,1-3H3. The third-order valence-electron chi connectivity index (χ3n) is 11.4. The first-order valence-corrected chi connectivity index (χ1v) is 18.5. The Labute approximate surface area is 312 Å². The zero-order valence-electron chi connectivity index (χ0n) is 30.1. The number of hydrogen-bond donors (Lipinski definition) is 0. The molecule has 5 heteroatoms. The summed E-state index contributed by atoms with van der Waals surface area (Å²) >= 11 is 0. The van der Waals surface area contributed by atoms with Crippen molar-refractivity contribution in [1.82, 2.24) is 19.5 Å². The number of fused-ring (bicyclic) bond motifs is 10. The van der Waals surface area contributed by atoms with E-state index in [1.54, 1.807) is 0 Å². The molecule has 0 radical (unpaired) electrons. The van der Waals surface area contributed by atoms with E-state index < -0.39 is 0 Å². The van der Waals surface area contributed by atoms with Crippen LogP contribution in [0.5, 0.6) is 0 Å². The number of aryl methyl sites for hydroxylation is 1. The first-order valence-electron chi connectivity index (χ1n) is 18.5. The van der Waals surface area contributed by atoms with Gasteiger partial charge in [0.05, 0.1) is 16.7 Å². The van der Waals surface area contributed by atoms with Crippen LogP contribution in [0.4, 0.5) is 0 Å². The molecular formula is C49H34N4O. The zero-order chi connectivity index (χ0) is 36.1. The highest BCUT2D eigenvalue weighted by Gasteiger charge is 2.38. The Balaban J connectivity index is 1.27. The first kappa shape index (κ1) is 30.7. The summed E-state index contributed by atoms with van der Waals surface area (Å²) in [6, 6.07) is 53.2. The molecule has 0 fully saturated rings. The monoisotopic (exact) mass is 694 g/mol. The Hall–Kier alpha value is -6.85. The Morgan fingerprint density at radius 2 is 1.15 bits per heavy atom. The van der Waals surface area contributed by atoms with Crippen molar-refractivity contribution in [2.75, 3.05) is 0 Å². The van der Waals surface area contributed by atoms with Crippen LogP contribution in [-0.2, 0) is 5.41 Å². The van der Waals surface area contributed by atoms with Gasteiger partial charge in [-0.3, -0.25) is 0 Å². The lowest BCUT2D eigenvalue weighted by molar-refractivity contribution is 0.660. The van der Waals surface area contributed by atoms with Gasteiger partial charge in [-0.15, -0.1) is 0 Å². The molecule has 3 heterocycles. The highest BCUT2D eigenvalue weighted by Crippen LogP contribution is 2.53. The van der Waals surface area contributed by atoms with Gasteiger partial charge in [-0.1, -0.05) is 147 Å². The van der Waals surface area contributed by atoms with Gasteiger partial charge >= 0.3 is 0 Å². The van der Waals surface area contributed by atoms with Crippen molar-refractivity contribution in [1.29, 1.82) is 0 Å². The average Bonchev–Trinajstić information content (AvgIpc) is 3.84. The summed E-state index contributed by atoms with van der Waals surface area (Å²) in [5.41, 5.74) is 13.9. The van der Waals surface area contributed by atoms with Gasteiger partial charge in [0.15, 0.2) is 23.1 Å². The van der Waals surface area contributed by atoms with Gasteiger partial charge in [0.2, 0.25) is 0 Å². The largest absolute Gasteiger partial charge is 0.454 e. The molecule has 11 rings (SSSR count). The van der Waals surface area contributed by atoms with E-state index in [4.69, 9.17) is 19.4 Å². The Bertz CT molecular complexity index is 3080. The van der Waals surface area contributed by atoms with E-state index in [9.17, 15) is 0 Å². The highest BCUT2D eigenvalue weighted by molar-refractivity contribution is 6.19. The van der Waals surface area contributed by atoms with Crippen molar-refractivity contribution in [3.8, 4) is 51.0 Å². The van der Waals surface area contributed by atoms with Crippen LogP contribution in [-0.4, -0.2) is 19.5 Å². The Morgan fingerprint density at radius 3 is 1.89 bits per heavy atom. The molecule has 0 bridgehead atoms. The maximum absolute atomic E-state index is 6.99. The molecule has 0 N–H and O–H groups in total. The SMILES string of the molecule is Cc1cc(-n2c3ccccc3c3ccc4c(c32)-c2ccccc2C4(C)C)c2oc3ccccc3c2c1-c1nc(-c2ccccc2)nc(-c2ccccc2)n1. The van der Waals surface area contributed by atoms with Crippen molar-refractivity contribution >= 4 is 43.7 Å². The summed E-state index contributed by atoms with van der Waals surface area (Å²) in [5.74, 6) is 1.87. The second-order valence-corrected chi connectivity index (χ2v) is 14.8. The molecule has 0 amide bonds. The van der Waals surface area contributed by atoms with Crippen LogP contribution < -0.4 is 0 Å². The third kappa shape index (κ3) is 4.29. The fourth-order valence-corrected chi connectivity index (χ4v) is 8.88. The predicted molar refractivity (Wildman–Crippen MR) is 220 cm³/mol. The molecule has 1 aliphatic carbocycles. The number of para-hydroxylation sites is 2. The summed E-state index contributed by atoms with van der Waals surface area (Å²) in [4.78, 5) is 15.4.